The van der Waals surface area contributed by atoms with Crippen LogP contribution >= 0.6 is 0 Å². The van der Waals surface area contributed by atoms with Crippen molar-refractivity contribution < 1.29 is 56.8 Å². The second-order valence-corrected chi connectivity index (χ2v) is 13.6. The number of nitrogens with two attached hydrogens (primary N) is 1. The molecule has 0 aliphatic heterocycles. The minimum Gasteiger partial charge on any atom is -0.475 e. The Labute approximate surface area is 265 Å². The summed E-state index contributed by atoms with van der Waals surface area (Å²) in [7, 11) is 1.57. The molecule has 5 rings (SSSR count). The fourth-order valence-corrected chi connectivity index (χ4v) is 9.08. The van der Waals surface area contributed by atoms with E-state index in [0.29, 0.717) is 24.0 Å². The lowest BCUT2D eigenvalue weighted by Crippen LogP contribution is -2.72. The first-order chi connectivity index (χ1) is 21.4. The molecule has 254 valence electrons. The monoisotopic (exact) mass is 653 g/mol. The van der Waals surface area contributed by atoms with Crippen molar-refractivity contribution in [3.8, 4) is 0 Å². The average Bonchev–Trinajstić information content (AvgIpc) is 3.11. The zero-order valence-electron chi connectivity index (χ0n) is 26.3. The van der Waals surface area contributed by atoms with E-state index in [-0.39, 0.29) is 30.1 Å². The first-order valence-electron chi connectivity index (χ1n) is 15.2. The van der Waals surface area contributed by atoms with E-state index in [2.05, 4.69) is 20.4 Å². The summed E-state index contributed by atoms with van der Waals surface area (Å²) in [5, 5.41) is 19.0. The number of hydrogen-bond acceptors (Lipinski definition) is 9. The van der Waals surface area contributed by atoms with Crippen LogP contribution in [0.2, 0.25) is 0 Å². The Kier molecular flexibility index (Phi) is 9.84. The van der Waals surface area contributed by atoms with Gasteiger partial charge < -0.3 is 30.2 Å². The SMILES string of the molecule is C=C1C(=O)[C@]23[C@H](OC(=O)[C@@H](N)c4ccccc4)[C@H]1C[C@H](O)[C@H]2[C@]1(COC(C)=O)CCCC(C)(C)[C@H]1C[C@H]3OC.O=C(O)C(F)(F)F. The summed E-state index contributed by atoms with van der Waals surface area (Å²) in [5.74, 6) is -5.22. The number of alkyl halides is 3. The summed E-state index contributed by atoms with van der Waals surface area (Å²) in [6.07, 6.45) is -4.23. The Morgan fingerprint density at radius 2 is 1.74 bits per heavy atom. The lowest BCUT2D eigenvalue weighted by molar-refractivity contribution is -0.272. The van der Waals surface area contributed by atoms with Gasteiger partial charge in [0.2, 0.25) is 0 Å². The van der Waals surface area contributed by atoms with Crippen LogP contribution in [0, 0.1) is 34.0 Å². The molecular formula is C33H42F3NO9. The number of Topliss-reactive ketones (excluding diaryl/α,β-unsaturated/α-hetero) is 1. The van der Waals surface area contributed by atoms with E-state index in [4.69, 9.17) is 29.8 Å². The molecule has 2 bridgehead atoms. The first-order valence-corrected chi connectivity index (χ1v) is 15.2. The minimum absolute atomic E-state index is 0.00877. The summed E-state index contributed by atoms with van der Waals surface area (Å²) in [6.45, 7) is 10.0. The average molecular weight is 654 g/mol. The highest BCUT2D eigenvalue weighted by molar-refractivity contribution is 6.05. The zero-order valence-corrected chi connectivity index (χ0v) is 26.3. The summed E-state index contributed by atoms with van der Waals surface area (Å²) in [6, 6.07) is 7.93. The molecule has 4 aliphatic rings. The summed E-state index contributed by atoms with van der Waals surface area (Å²) in [4.78, 5) is 48.9. The van der Waals surface area contributed by atoms with Crippen LogP contribution in [0.1, 0.15) is 64.5 Å². The van der Waals surface area contributed by atoms with Crippen LogP contribution in [0.25, 0.3) is 0 Å². The van der Waals surface area contributed by atoms with Gasteiger partial charge in [-0.15, -0.1) is 0 Å². The number of esters is 2. The Hall–Kier alpha value is -3.29. The van der Waals surface area contributed by atoms with Crippen molar-refractivity contribution >= 4 is 23.7 Å². The number of carboxylic acids is 1. The predicted octanol–water partition coefficient (Wildman–Crippen LogP) is 4.15. The van der Waals surface area contributed by atoms with Crippen molar-refractivity contribution in [2.75, 3.05) is 13.7 Å². The van der Waals surface area contributed by atoms with Crippen molar-refractivity contribution in [2.24, 2.45) is 39.7 Å². The third kappa shape index (κ3) is 5.85. The minimum atomic E-state index is -5.08. The third-order valence-electron chi connectivity index (χ3n) is 10.8. The summed E-state index contributed by atoms with van der Waals surface area (Å²) in [5.41, 5.74) is 5.08. The van der Waals surface area contributed by atoms with Crippen LogP contribution in [-0.2, 0) is 33.4 Å². The van der Waals surface area contributed by atoms with Gasteiger partial charge in [0, 0.05) is 31.3 Å². The van der Waals surface area contributed by atoms with Crippen molar-refractivity contribution in [3.05, 3.63) is 48.0 Å². The van der Waals surface area contributed by atoms with Gasteiger partial charge in [-0.3, -0.25) is 9.59 Å². The van der Waals surface area contributed by atoms with Gasteiger partial charge in [0.25, 0.3) is 0 Å². The number of carbonyl (C=O) groups excluding carboxylic acids is 3. The molecule has 0 amide bonds. The predicted molar refractivity (Wildman–Crippen MR) is 157 cm³/mol. The van der Waals surface area contributed by atoms with Crippen LogP contribution in [-0.4, -0.2) is 72.1 Å². The molecule has 4 saturated carbocycles. The lowest BCUT2D eigenvalue weighted by atomic mass is 9.39. The van der Waals surface area contributed by atoms with E-state index in [1.54, 1.807) is 31.4 Å². The number of aliphatic hydroxyl groups excluding tert-OH is 1. The molecule has 4 fully saturated rings. The highest BCUT2D eigenvalue weighted by atomic mass is 19.4. The number of carbonyl (C=O) groups is 4. The maximum absolute atomic E-state index is 14.4. The van der Waals surface area contributed by atoms with E-state index >= 15 is 0 Å². The summed E-state index contributed by atoms with van der Waals surface area (Å²) < 4.78 is 49.8. The van der Waals surface area contributed by atoms with Crippen molar-refractivity contribution in [1.29, 1.82) is 0 Å². The number of carboxylic acid groups (broad SMARTS) is 1. The van der Waals surface area contributed by atoms with E-state index in [1.165, 1.54) is 6.92 Å². The maximum Gasteiger partial charge on any atom is 0.490 e. The van der Waals surface area contributed by atoms with Crippen LogP contribution in [0.5, 0.6) is 0 Å². The highest BCUT2D eigenvalue weighted by Crippen LogP contribution is 2.72. The Morgan fingerprint density at radius 3 is 2.28 bits per heavy atom. The molecule has 1 spiro atoms. The number of methoxy groups -OCH3 is 1. The molecule has 1 aromatic rings. The molecule has 1 aromatic carbocycles. The topological polar surface area (TPSA) is 162 Å². The molecule has 9 atom stereocenters. The molecule has 10 nitrogen and oxygen atoms in total. The molecule has 46 heavy (non-hydrogen) atoms. The van der Waals surface area contributed by atoms with Gasteiger partial charge in [0.05, 0.1) is 18.8 Å². The fraction of sp³-hybridized carbons (Fsp3) is 0.636. The Balaban J connectivity index is 0.000000617. The Bertz CT molecular complexity index is 1370. The number of aliphatic carboxylic acids is 1. The molecule has 0 radical (unpaired) electrons. The quantitative estimate of drug-likeness (QED) is 0.300. The molecule has 4 N–H and O–H groups in total. The van der Waals surface area contributed by atoms with Gasteiger partial charge >= 0.3 is 24.1 Å². The summed E-state index contributed by atoms with van der Waals surface area (Å²) >= 11 is 0. The molecular weight excluding hydrogens is 611 g/mol. The number of rotatable bonds is 6. The number of halogens is 3. The molecule has 0 saturated heterocycles. The smallest absolute Gasteiger partial charge is 0.475 e. The van der Waals surface area contributed by atoms with Crippen LogP contribution in [0.3, 0.4) is 0 Å². The Morgan fingerprint density at radius 1 is 1.13 bits per heavy atom. The van der Waals surface area contributed by atoms with Gasteiger partial charge in [0.15, 0.2) is 5.78 Å². The number of hydrogen-bond donors (Lipinski definition) is 3. The fourth-order valence-electron chi connectivity index (χ4n) is 9.08. The van der Waals surface area contributed by atoms with Gasteiger partial charge in [0.1, 0.15) is 17.6 Å². The number of ether oxygens (including phenoxy) is 3. The van der Waals surface area contributed by atoms with E-state index < -0.39 is 71.1 Å². The van der Waals surface area contributed by atoms with Gasteiger partial charge in [-0.05, 0) is 48.2 Å². The van der Waals surface area contributed by atoms with Gasteiger partial charge in [-0.2, -0.15) is 13.2 Å². The van der Waals surface area contributed by atoms with Crippen LogP contribution in [0.4, 0.5) is 13.2 Å². The second-order valence-electron chi connectivity index (χ2n) is 13.6. The maximum atomic E-state index is 14.4. The van der Waals surface area contributed by atoms with Crippen molar-refractivity contribution in [3.63, 3.8) is 0 Å². The number of aliphatic hydroxyl groups is 1. The molecule has 0 heterocycles. The van der Waals surface area contributed by atoms with E-state index in [1.807, 2.05) is 6.07 Å². The van der Waals surface area contributed by atoms with Gasteiger partial charge in [-0.25, -0.2) is 9.59 Å². The zero-order chi connectivity index (χ0) is 34.4. The first kappa shape index (κ1) is 35.6. The van der Waals surface area contributed by atoms with Crippen molar-refractivity contribution in [2.45, 2.75) is 83.4 Å². The van der Waals surface area contributed by atoms with Crippen LogP contribution < -0.4 is 5.73 Å². The van der Waals surface area contributed by atoms with E-state index in [9.17, 15) is 32.7 Å². The molecule has 13 heteroatoms. The molecule has 0 aromatic heterocycles. The normalized spacial score (nSPS) is 35.1. The van der Waals surface area contributed by atoms with Crippen LogP contribution in [0.15, 0.2) is 42.5 Å². The lowest BCUT2D eigenvalue weighted by Gasteiger charge is -2.67. The third-order valence-corrected chi connectivity index (χ3v) is 10.8. The van der Waals surface area contributed by atoms with E-state index in [0.717, 1.165) is 12.8 Å². The largest absolute Gasteiger partial charge is 0.490 e. The number of ketones is 1. The molecule has 0 unspecified atom stereocenters. The number of fused-ring (bicyclic) bond motifs is 3. The highest BCUT2D eigenvalue weighted by Gasteiger charge is 2.78. The number of benzene rings is 1. The van der Waals surface area contributed by atoms with Crippen molar-refractivity contribution in [1.82, 2.24) is 0 Å². The molecule has 4 aliphatic carbocycles. The van der Waals surface area contributed by atoms with Gasteiger partial charge in [-0.1, -0.05) is 57.2 Å². The second kappa shape index (κ2) is 12.7. The standard InChI is InChI=1S/C31H41NO7.C2HF3O2/c1-17-20-14-21(34)25-30(16-38-18(2)33)13-9-12-29(3,4)22(30)15-23(37-5)31(25,26(17)35)27(20)39-28(36)24(32)19-10-7-6-8-11-19;3-2(4,5)1(6)7/h6-8,10-11,20-25,27,34H,1,9,12-16,32H2,2-5H3;(H,6,7)/t20-,21-,22+,23+,24-,25-,27+,30-,31+;/m0./s1.